The van der Waals surface area contributed by atoms with Crippen molar-refractivity contribution in [3.8, 4) is 0 Å². The lowest BCUT2D eigenvalue weighted by molar-refractivity contribution is 0.0275. The standard InChI is InChI=1S/C25H30N2O4.C24H28N2O5.C16H22N2O3.C10H18N2O2.C4H8O.CH4O.CH4/c1-19-15-26(23(28)31-25(2,3)4)17-22(19)27(16-20-11-7-5-8-12-20)24(29)30-18-21-13-9-6-10-14-21;1-24(2,3)31-22(28)25-15-20(21(27)16-25)26(14-18-10-6-4-7-11-18)23(29)30-17-19-12-8-5-9-13-19;1-16(2,3)21-15(20)18-10-13(14(19)11-18)17-9-12-7-5-4-6-8-12;1-7-5-12(6-8(7)11)9(13)14-10(2,3)4;1-2-4-5-3-1;1-2;/h5-14H,15-18H2,1-4H3;4-13,27H,14-17H2,1-3H3;4-8,17,19H,9-11H2,1-3H3;5-6,11H2,1-4H3;1-4H2;2H,1H3;1H4. The second-order valence-corrected chi connectivity index (χ2v) is 29.1. The quantitative estimate of drug-likeness (QED) is 0.0685. The van der Waals surface area contributed by atoms with Crippen LogP contribution in [0.15, 0.2) is 197 Å². The van der Waals surface area contributed by atoms with Crippen molar-refractivity contribution >= 4 is 36.6 Å². The van der Waals surface area contributed by atoms with Crippen molar-refractivity contribution in [1.82, 2.24) is 34.7 Å². The second-order valence-electron chi connectivity index (χ2n) is 29.1. The molecule has 1 saturated heterocycles. The third-order valence-corrected chi connectivity index (χ3v) is 15.3. The molecule has 105 heavy (non-hydrogen) atoms. The summed E-state index contributed by atoms with van der Waals surface area (Å²) in [6, 6.07) is 48.0. The first-order valence-electron chi connectivity index (χ1n) is 34.8. The van der Waals surface area contributed by atoms with E-state index in [9.17, 15) is 39.0 Å². The van der Waals surface area contributed by atoms with Gasteiger partial charge in [-0.3, -0.25) is 29.4 Å². The highest BCUT2D eigenvalue weighted by atomic mass is 16.6. The third kappa shape index (κ3) is 31.7. The summed E-state index contributed by atoms with van der Waals surface area (Å²) >= 11 is 0. The molecule has 6 amide bonds. The summed E-state index contributed by atoms with van der Waals surface area (Å²) in [5.41, 5.74) is 12.8. The maximum atomic E-state index is 13.1. The average molecular weight is 1460 g/mol. The molecule has 24 nitrogen and oxygen atoms in total. The average Bonchev–Trinajstić information content (AvgIpc) is 1.69. The lowest BCUT2D eigenvalue weighted by atomic mass is 10.2. The lowest BCUT2D eigenvalue weighted by Gasteiger charge is -2.27. The summed E-state index contributed by atoms with van der Waals surface area (Å²) < 4.78 is 37.5. The fourth-order valence-corrected chi connectivity index (χ4v) is 10.3. The molecule has 0 radical (unpaired) electrons. The van der Waals surface area contributed by atoms with Crippen LogP contribution in [0.2, 0.25) is 0 Å². The normalized spacial score (nSPS) is 14.8. The SMILES string of the molecule is C.C1CCOC1.CC(C)(C)OC(=O)N1CC(O)=C(N(Cc2ccccc2)C(=O)OCc2ccccc2)C1.CC(C)(C)OC(=O)N1CC(O)=C(NCc2ccccc2)C1.CC1=C(N(Cc2ccccc2)C(=O)OCc2ccccc2)CN(C(=O)OC(C)(C)C)C1.CC1=C(N)CN(C(=O)OC(C)(C)C)C1.CO. The molecular weight excluding hydrogens is 1340 g/mol. The van der Waals surface area contributed by atoms with E-state index in [0.717, 1.165) is 70.7 Å². The zero-order valence-electron chi connectivity index (χ0n) is 63.4. The molecular formula is C81H114N8O16. The molecule has 5 aliphatic heterocycles. The van der Waals surface area contributed by atoms with Crippen LogP contribution in [0.5, 0.6) is 0 Å². The molecule has 5 aliphatic rings. The summed E-state index contributed by atoms with van der Waals surface area (Å²) in [4.78, 5) is 83.7. The topological polar surface area (TPSA) is 285 Å². The number of carbonyl (C=O) groups is 6. The van der Waals surface area contributed by atoms with Gasteiger partial charge in [-0.25, -0.2) is 28.8 Å². The van der Waals surface area contributed by atoms with Gasteiger partial charge in [0.25, 0.3) is 0 Å². The van der Waals surface area contributed by atoms with Crippen LogP contribution in [0, 0.1) is 0 Å². The van der Waals surface area contributed by atoms with Crippen LogP contribution < -0.4 is 11.1 Å². The molecule has 1 fully saturated rings. The van der Waals surface area contributed by atoms with Crippen LogP contribution in [-0.2, 0) is 66.0 Å². The molecule has 5 aromatic rings. The Kier molecular flexibility index (Phi) is 34.8. The highest BCUT2D eigenvalue weighted by Gasteiger charge is 2.37. The van der Waals surface area contributed by atoms with Gasteiger partial charge in [0.1, 0.15) is 47.1 Å². The van der Waals surface area contributed by atoms with E-state index in [4.69, 9.17) is 44.0 Å². The summed E-state index contributed by atoms with van der Waals surface area (Å²) in [6.07, 6.45) is -0.123. The maximum absolute atomic E-state index is 13.1. The predicted octanol–water partition coefficient (Wildman–Crippen LogP) is 15.5. The zero-order chi connectivity index (χ0) is 76.8. The Morgan fingerprint density at radius 3 is 1.10 bits per heavy atom. The van der Waals surface area contributed by atoms with E-state index in [1.807, 2.05) is 228 Å². The molecule has 574 valence electrons. The van der Waals surface area contributed by atoms with Gasteiger partial charge in [-0.1, -0.05) is 159 Å². The van der Waals surface area contributed by atoms with E-state index in [1.54, 1.807) is 35.5 Å². The number of ether oxygens (including phenoxy) is 7. The fraction of sp³-hybridized carbons (Fsp3) is 0.457. The molecule has 0 spiro atoms. The highest BCUT2D eigenvalue weighted by Crippen LogP contribution is 2.28. The van der Waals surface area contributed by atoms with Gasteiger partial charge in [-0.2, -0.15) is 0 Å². The minimum Gasteiger partial charge on any atom is -0.509 e. The molecule has 0 atom stereocenters. The number of aliphatic hydroxyl groups is 3. The van der Waals surface area contributed by atoms with Gasteiger partial charge < -0.3 is 59.5 Å². The van der Waals surface area contributed by atoms with Crippen molar-refractivity contribution in [2.45, 2.75) is 172 Å². The molecule has 0 bridgehead atoms. The van der Waals surface area contributed by atoms with Crippen LogP contribution in [0.25, 0.3) is 0 Å². The first-order valence-corrected chi connectivity index (χ1v) is 34.8. The number of carbonyl (C=O) groups excluding carboxylic acids is 6. The Morgan fingerprint density at radius 1 is 0.429 bits per heavy atom. The minimum atomic E-state index is -0.659. The van der Waals surface area contributed by atoms with Crippen LogP contribution in [0.3, 0.4) is 0 Å². The van der Waals surface area contributed by atoms with Crippen molar-refractivity contribution < 1.29 is 77.2 Å². The first kappa shape index (κ1) is 87.2. The van der Waals surface area contributed by atoms with Crippen LogP contribution in [0.1, 0.15) is 145 Å². The summed E-state index contributed by atoms with van der Waals surface area (Å²) in [7, 11) is 1.00. The van der Waals surface area contributed by atoms with Crippen LogP contribution >= 0.6 is 0 Å². The highest BCUT2D eigenvalue weighted by molar-refractivity contribution is 5.75. The second kappa shape index (κ2) is 41.9. The Morgan fingerprint density at radius 2 is 0.743 bits per heavy atom. The summed E-state index contributed by atoms with van der Waals surface area (Å²) in [5.74, 6) is 0.134. The molecule has 0 saturated carbocycles. The monoisotopic (exact) mass is 1450 g/mol. The third-order valence-electron chi connectivity index (χ3n) is 15.3. The van der Waals surface area contributed by atoms with Crippen molar-refractivity contribution in [3.63, 3.8) is 0 Å². The predicted molar refractivity (Wildman–Crippen MR) is 406 cm³/mol. The van der Waals surface area contributed by atoms with Gasteiger partial charge >= 0.3 is 36.6 Å². The summed E-state index contributed by atoms with van der Waals surface area (Å²) in [5, 5.41) is 30.7. The zero-order valence-corrected chi connectivity index (χ0v) is 63.4. The molecule has 0 aliphatic carbocycles. The fourth-order valence-electron chi connectivity index (χ4n) is 10.3. The molecule has 6 N–H and O–H groups in total. The largest absolute Gasteiger partial charge is 0.509 e. The van der Waals surface area contributed by atoms with E-state index in [0.29, 0.717) is 57.2 Å². The molecule has 5 aromatic carbocycles. The van der Waals surface area contributed by atoms with Crippen molar-refractivity contribution in [2.75, 3.05) is 72.7 Å². The minimum absolute atomic E-state index is 0. The van der Waals surface area contributed by atoms with Gasteiger partial charge in [0, 0.05) is 51.4 Å². The van der Waals surface area contributed by atoms with Crippen LogP contribution in [-0.4, -0.2) is 176 Å². The smallest absolute Gasteiger partial charge is 0.414 e. The number of amides is 6. The number of benzene rings is 5. The van der Waals surface area contributed by atoms with Gasteiger partial charge in [-0.15, -0.1) is 0 Å². The number of nitrogens with two attached hydrogens (primary N) is 1. The Balaban J connectivity index is 0.000000295. The molecule has 5 heterocycles. The molecule has 24 heteroatoms. The summed E-state index contributed by atoms with van der Waals surface area (Å²) in [6.45, 7) is 31.5. The number of nitrogens with zero attached hydrogens (tertiary/aromatic N) is 6. The maximum Gasteiger partial charge on any atom is 0.414 e. The number of aliphatic hydroxyl groups excluding tert-OH is 3. The molecule has 10 rings (SSSR count). The number of rotatable bonds is 13. The van der Waals surface area contributed by atoms with Gasteiger partial charge in [-0.05, 0) is 149 Å². The van der Waals surface area contributed by atoms with Crippen molar-refractivity contribution in [3.05, 3.63) is 225 Å². The van der Waals surface area contributed by atoms with Crippen molar-refractivity contribution in [1.29, 1.82) is 0 Å². The number of nitrogens with one attached hydrogen (secondary N) is 1. The Labute approximate surface area is 621 Å². The number of hydrogen-bond donors (Lipinski definition) is 5. The van der Waals surface area contributed by atoms with Crippen LogP contribution in [0.4, 0.5) is 28.8 Å². The van der Waals surface area contributed by atoms with E-state index in [1.165, 1.54) is 27.5 Å². The van der Waals surface area contributed by atoms with E-state index in [2.05, 4.69) is 5.32 Å². The van der Waals surface area contributed by atoms with Gasteiger partial charge in [0.2, 0.25) is 0 Å². The molecule has 0 unspecified atom stereocenters. The Hall–Kier alpha value is -10.2. The van der Waals surface area contributed by atoms with E-state index < -0.39 is 46.8 Å². The first-order chi connectivity index (χ1) is 49.1. The van der Waals surface area contributed by atoms with Crippen molar-refractivity contribution in [2.24, 2.45) is 5.73 Å². The Bertz CT molecular complexity index is 3490. The lowest BCUT2D eigenvalue weighted by Crippen LogP contribution is -2.38. The van der Waals surface area contributed by atoms with E-state index in [-0.39, 0.29) is 70.5 Å². The van der Waals surface area contributed by atoms with Gasteiger partial charge in [0.15, 0.2) is 0 Å². The molecule has 0 aromatic heterocycles. The van der Waals surface area contributed by atoms with Gasteiger partial charge in [0.05, 0.1) is 63.8 Å². The number of hydrogen-bond acceptors (Lipinski definition) is 18. The van der Waals surface area contributed by atoms with E-state index >= 15 is 0 Å².